The summed E-state index contributed by atoms with van der Waals surface area (Å²) < 4.78 is 32.4. The smallest absolute Gasteiger partial charge is 0.167 e. The van der Waals surface area contributed by atoms with Crippen LogP contribution in [0.2, 0.25) is 0 Å². The molecule has 0 aliphatic carbocycles. The number of hydrogen-bond donors (Lipinski definition) is 2. The van der Waals surface area contributed by atoms with E-state index in [1.54, 1.807) is 13.0 Å². The molecule has 0 aromatic heterocycles. The van der Waals surface area contributed by atoms with Gasteiger partial charge in [0.2, 0.25) is 0 Å². The van der Waals surface area contributed by atoms with Crippen LogP contribution >= 0.6 is 15.9 Å². The lowest BCUT2D eigenvalue weighted by Crippen LogP contribution is -1.99. The number of anilines is 3. The summed E-state index contributed by atoms with van der Waals surface area (Å²) in [5.41, 5.74) is 6.93. The zero-order chi connectivity index (χ0) is 14.7. The van der Waals surface area contributed by atoms with Crippen LogP contribution in [0.25, 0.3) is 0 Å². The summed E-state index contributed by atoms with van der Waals surface area (Å²) in [7, 11) is 0. The van der Waals surface area contributed by atoms with Gasteiger partial charge in [-0.2, -0.15) is 0 Å². The maximum atomic E-state index is 13.7. The highest BCUT2D eigenvalue weighted by atomic mass is 79.9. The summed E-state index contributed by atoms with van der Waals surface area (Å²) in [6.45, 7) is 2.17. The maximum absolute atomic E-state index is 13.7. The first kappa shape index (κ1) is 14.6. The van der Waals surface area contributed by atoms with Crippen LogP contribution in [-0.2, 0) is 0 Å². The molecule has 6 heteroatoms. The SMILES string of the molecule is CCOc1ccc(Nc2cc(Br)c(F)cc2N)cc1F. The third-order valence-electron chi connectivity index (χ3n) is 2.60. The largest absolute Gasteiger partial charge is 0.491 e. The summed E-state index contributed by atoms with van der Waals surface area (Å²) in [6.07, 6.45) is 0. The number of benzene rings is 2. The summed E-state index contributed by atoms with van der Waals surface area (Å²) in [5, 5.41) is 2.93. The molecule has 20 heavy (non-hydrogen) atoms. The predicted octanol–water partition coefficient (Wildman–Crippen LogP) is 4.45. The molecule has 0 aliphatic heterocycles. The molecule has 0 amide bonds. The fourth-order valence-electron chi connectivity index (χ4n) is 1.68. The topological polar surface area (TPSA) is 47.3 Å². The van der Waals surface area contributed by atoms with Gasteiger partial charge in [-0.05, 0) is 41.1 Å². The van der Waals surface area contributed by atoms with E-state index >= 15 is 0 Å². The maximum Gasteiger partial charge on any atom is 0.167 e. The third kappa shape index (κ3) is 3.19. The fourth-order valence-corrected chi connectivity index (χ4v) is 2.02. The summed E-state index contributed by atoms with van der Waals surface area (Å²) in [4.78, 5) is 0. The van der Waals surface area contributed by atoms with Crippen LogP contribution in [0.3, 0.4) is 0 Å². The average molecular weight is 343 g/mol. The van der Waals surface area contributed by atoms with Crippen LogP contribution < -0.4 is 15.8 Å². The predicted molar refractivity (Wildman–Crippen MR) is 79.4 cm³/mol. The highest BCUT2D eigenvalue weighted by Gasteiger charge is 2.08. The lowest BCUT2D eigenvalue weighted by atomic mass is 10.2. The van der Waals surface area contributed by atoms with Crippen molar-refractivity contribution >= 4 is 33.0 Å². The molecule has 2 aromatic rings. The molecule has 2 rings (SSSR count). The van der Waals surface area contributed by atoms with Gasteiger partial charge >= 0.3 is 0 Å². The van der Waals surface area contributed by atoms with Crippen LogP contribution in [-0.4, -0.2) is 6.61 Å². The Morgan fingerprint density at radius 3 is 2.60 bits per heavy atom. The first-order valence-electron chi connectivity index (χ1n) is 5.95. The van der Waals surface area contributed by atoms with E-state index in [-0.39, 0.29) is 15.9 Å². The Kier molecular flexibility index (Phi) is 4.44. The molecule has 2 aromatic carbocycles. The van der Waals surface area contributed by atoms with E-state index < -0.39 is 11.6 Å². The molecule has 3 nitrogen and oxygen atoms in total. The fraction of sp³-hybridized carbons (Fsp3) is 0.143. The second-order valence-electron chi connectivity index (χ2n) is 4.06. The van der Waals surface area contributed by atoms with Gasteiger partial charge in [-0.3, -0.25) is 0 Å². The molecular formula is C14H13BrF2N2O. The quantitative estimate of drug-likeness (QED) is 0.807. The average Bonchev–Trinajstić information content (AvgIpc) is 2.39. The Balaban J connectivity index is 2.26. The van der Waals surface area contributed by atoms with Gasteiger partial charge in [-0.25, -0.2) is 8.78 Å². The van der Waals surface area contributed by atoms with Gasteiger partial charge in [0.1, 0.15) is 5.82 Å². The van der Waals surface area contributed by atoms with Gasteiger partial charge in [-0.15, -0.1) is 0 Å². The number of rotatable bonds is 4. The molecule has 0 bridgehead atoms. The second-order valence-corrected chi connectivity index (χ2v) is 4.91. The minimum atomic E-state index is -0.475. The molecule has 3 N–H and O–H groups in total. The molecule has 106 valence electrons. The first-order valence-corrected chi connectivity index (χ1v) is 6.74. The molecular weight excluding hydrogens is 330 g/mol. The van der Waals surface area contributed by atoms with Gasteiger partial charge in [-0.1, -0.05) is 0 Å². The monoisotopic (exact) mass is 342 g/mol. The molecule has 0 heterocycles. The zero-order valence-electron chi connectivity index (χ0n) is 10.7. The third-order valence-corrected chi connectivity index (χ3v) is 3.21. The minimum Gasteiger partial charge on any atom is -0.491 e. The van der Waals surface area contributed by atoms with Crippen LogP contribution in [0.15, 0.2) is 34.8 Å². The van der Waals surface area contributed by atoms with Crippen molar-refractivity contribution in [3.63, 3.8) is 0 Å². The van der Waals surface area contributed by atoms with Gasteiger partial charge in [0.05, 0.1) is 22.5 Å². The molecule has 0 fully saturated rings. The van der Waals surface area contributed by atoms with E-state index in [2.05, 4.69) is 21.2 Å². The van der Waals surface area contributed by atoms with E-state index in [0.717, 1.165) is 0 Å². The van der Waals surface area contributed by atoms with Crippen molar-refractivity contribution in [2.24, 2.45) is 0 Å². The van der Waals surface area contributed by atoms with Crippen molar-refractivity contribution in [1.82, 2.24) is 0 Å². The van der Waals surface area contributed by atoms with E-state index in [1.807, 2.05) is 0 Å². The number of hydrogen-bond acceptors (Lipinski definition) is 3. The summed E-state index contributed by atoms with van der Waals surface area (Å²) in [5.74, 6) is -0.742. The standard InChI is InChI=1S/C14H13BrF2N2O/c1-2-20-14-4-3-8(5-11(14)17)19-13-6-9(15)10(16)7-12(13)18/h3-7,19H,2,18H2,1H3. The number of halogens is 3. The first-order chi connectivity index (χ1) is 9.51. The molecule has 0 unspecified atom stereocenters. The Morgan fingerprint density at radius 1 is 1.20 bits per heavy atom. The molecule has 0 radical (unpaired) electrons. The highest BCUT2D eigenvalue weighted by molar-refractivity contribution is 9.10. The van der Waals surface area contributed by atoms with Gasteiger partial charge in [0, 0.05) is 17.8 Å². The Bertz CT molecular complexity index is 635. The number of nitrogen functional groups attached to an aromatic ring is 1. The van der Waals surface area contributed by atoms with Crippen LogP contribution in [0.1, 0.15) is 6.92 Å². The van der Waals surface area contributed by atoms with E-state index in [1.165, 1.54) is 24.3 Å². The van der Waals surface area contributed by atoms with Crippen molar-refractivity contribution in [2.75, 3.05) is 17.7 Å². The normalized spacial score (nSPS) is 10.4. The lowest BCUT2D eigenvalue weighted by Gasteiger charge is -2.12. The Morgan fingerprint density at radius 2 is 1.95 bits per heavy atom. The van der Waals surface area contributed by atoms with Crippen molar-refractivity contribution in [2.45, 2.75) is 6.92 Å². The van der Waals surface area contributed by atoms with Crippen molar-refractivity contribution < 1.29 is 13.5 Å². The van der Waals surface area contributed by atoms with Crippen molar-refractivity contribution in [3.8, 4) is 5.75 Å². The molecule has 0 saturated heterocycles. The van der Waals surface area contributed by atoms with Crippen molar-refractivity contribution in [1.29, 1.82) is 0 Å². The zero-order valence-corrected chi connectivity index (χ0v) is 12.3. The van der Waals surface area contributed by atoms with Gasteiger partial charge in [0.15, 0.2) is 11.6 Å². The van der Waals surface area contributed by atoms with Gasteiger partial charge < -0.3 is 15.8 Å². The van der Waals surface area contributed by atoms with Crippen LogP contribution in [0, 0.1) is 11.6 Å². The van der Waals surface area contributed by atoms with Crippen molar-refractivity contribution in [3.05, 3.63) is 46.4 Å². The van der Waals surface area contributed by atoms with E-state index in [0.29, 0.717) is 18.0 Å². The second kappa shape index (κ2) is 6.09. The molecule has 0 spiro atoms. The summed E-state index contributed by atoms with van der Waals surface area (Å²) in [6, 6.07) is 7.17. The van der Waals surface area contributed by atoms with E-state index in [9.17, 15) is 8.78 Å². The molecule has 0 atom stereocenters. The van der Waals surface area contributed by atoms with Crippen LogP contribution in [0.4, 0.5) is 25.8 Å². The van der Waals surface area contributed by atoms with E-state index in [4.69, 9.17) is 10.5 Å². The number of nitrogens with one attached hydrogen (secondary N) is 1. The Labute approximate surface area is 123 Å². The number of nitrogens with two attached hydrogens (primary N) is 1. The lowest BCUT2D eigenvalue weighted by molar-refractivity contribution is 0.321. The molecule has 0 aliphatic rings. The minimum absolute atomic E-state index is 0.186. The number of ether oxygens (including phenoxy) is 1. The Hall–Kier alpha value is -1.82. The molecule has 0 saturated carbocycles. The van der Waals surface area contributed by atoms with Gasteiger partial charge in [0.25, 0.3) is 0 Å². The summed E-state index contributed by atoms with van der Waals surface area (Å²) >= 11 is 3.08. The highest BCUT2D eigenvalue weighted by Crippen LogP contribution is 2.30. The van der Waals surface area contributed by atoms with Crippen LogP contribution in [0.5, 0.6) is 5.75 Å².